The molecule has 0 amide bonds. The van der Waals surface area contributed by atoms with Gasteiger partial charge in [0.1, 0.15) is 17.4 Å². The van der Waals surface area contributed by atoms with Crippen LogP contribution < -0.4 is 5.32 Å². The Morgan fingerprint density at radius 3 is 1.76 bits per heavy atom. The molecule has 1 aliphatic heterocycles. The molecule has 0 spiro atoms. The molecule has 0 saturated heterocycles. The number of amidine groups is 2. The Morgan fingerprint density at radius 1 is 0.483 bits per heavy atom. The van der Waals surface area contributed by atoms with Crippen molar-refractivity contribution >= 4 is 77.1 Å². The van der Waals surface area contributed by atoms with Gasteiger partial charge in [0.25, 0.3) is 0 Å². The highest BCUT2D eigenvalue weighted by Crippen LogP contribution is 2.44. The first-order valence-electron chi connectivity index (χ1n) is 19.5. The van der Waals surface area contributed by atoms with Gasteiger partial charge in [-0.25, -0.2) is 15.0 Å². The normalized spacial score (nSPS) is 13.4. The second kappa shape index (κ2) is 12.9. The fourth-order valence-corrected chi connectivity index (χ4v) is 8.60. The first-order chi connectivity index (χ1) is 28.7. The maximum absolute atomic E-state index is 7.00. The van der Waals surface area contributed by atoms with Crippen molar-refractivity contribution in [3.63, 3.8) is 0 Å². The van der Waals surface area contributed by atoms with Crippen molar-refractivity contribution in [1.29, 1.82) is 0 Å². The molecule has 0 radical (unpaired) electrons. The van der Waals surface area contributed by atoms with Gasteiger partial charge in [-0.05, 0) is 63.5 Å². The molecule has 0 fully saturated rings. The topological polar surface area (TPSA) is 67.7 Å². The molecule has 1 N–H and O–H groups in total. The van der Waals surface area contributed by atoms with Crippen LogP contribution in [0, 0.1) is 0 Å². The van der Waals surface area contributed by atoms with Gasteiger partial charge >= 0.3 is 0 Å². The average Bonchev–Trinajstić information content (AvgIpc) is 3.84. The summed E-state index contributed by atoms with van der Waals surface area (Å²) in [5.74, 6) is 1.57. The second-order valence-corrected chi connectivity index (χ2v) is 14.9. The van der Waals surface area contributed by atoms with Gasteiger partial charge in [-0.3, -0.25) is 4.57 Å². The largest absolute Gasteiger partial charge is 0.437 e. The number of benzene rings is 8. The quantitative estimate of drug-likeness (QED) is 0.191. The van der Waals surface area contributed by atoms with Gasteiger partial charge in [-0.1, -0.05) is 152 Å². The second-order valence-electron chi connectivity index (χ2n) is 14.9. The molecule has 3 aromatic heterocycles. The van der Waals surface area contributed by atoms with E-state index in [1.807, 2.05) is 24.3 Å². The minimum Gasteiger partial charge on any atom is -0.437 e. The van der Waals surface area contributed by atoms with Crippen LogP contribution in [-0.2, 0) is 0 Å². The van der Waals surface area contributed by atoms with Crippen LogP contribution in [-0.4, -0.2) is 21.2 Å². The molecular formula is C52H33N5O. The van der Waals surface area contributed by atoms with E-state index >= 15 is 0 Å². The molecule has 0 aliphatic carbocycles. The van der Waals surface area contributed by atoms with Crippen molar-refractivity contribution in [3.05, 3.63) is 205 Å². The van der Waals surface area contributed by atoms with Gasteiger partial charge in [-0.2, -0.15) is 0 Å². The van der Waals surface area contributed by atoms with Crippen LogP contribution in [0.15, 0.2) is 202 Å². The molecule has 1 aliphatic rings. The molecule has 4 heterocycles. The molecule has 272 valence electrons. The fourth-order valence-electron chi connectivity index (χ4n) is 8.60. The first kappa shape index (κ1) is 32.4. The molecular weight excluding hydrogens is 711 g/mol. The Kier molecular flexibility index (Phi) is 7.19. The Balaban J connectivity index is 1.02. The highest BCUT2D eigenvalue weighted by Gasteiger charge is 2.25. The summed E-state index contributed by atoms with van der Waals surface area (Å²) in [5.41, 5.74) is 9.43. The van der Waals surface area contributed by atoms with Crippen LogP contribution in [0.5, 0.6) is 0 Å². The van der Waals surface area contributed by atoms with Gasteiger partial charge in [0.15, 0.2) is 11.7 Å². The van der Waals surface area contributed by atoms with Gasteiger partial charge in [-0.15, -0.1) is 0 Å². The van der Waals surface area contributed by atoms with Crippen LogP contribution in [0.1, 0.15) is 22.9 Å². The molecule has 8 aromatic carbocycles. The van der Waals surface area contributed by atoms with E-state index in [0.29, 0.717) is 0 Å². The van der Waals surface area contributed by atoms with E-state index in [1.54, 1.807) is 0 Å². The van der Waals surface area contributed by atoms with Crippen LogP contribution in [0.3, 0.4) is 0 Å². The van der Waals surface area contributed by atoms with Crippen molar-refractivity contribution in [1.82, 2.24) is 14.9 Å². The molecule has 12 rings (SSSR count). The Hall–Kier alpha value is -7.83. The van der Waals surface area contributed by atoms with Crippen molar-refractivity contribution in [3.8, 4) is 16.9 Å². The van der Waals surface area contributed by atoms with Crippen molar-refractivity contribution < 1.29 is 4.42 Å². The molecule has 0 bridgehead atoms. The molecule has 0 atom stereocenters. The highest BCUT2D eigenvalue weighted by atomic mass is 16.3. The number of furan rings is 1. The van der Waals surface area contributed by atoms with E-state index in [9.17, 15) is 0 Å². The molecule has 11 aromatic rings. The lowest BCUT2D eigenvalue weighted by Crippen LogP contribution is -2.36. The number of nitrogens with zero attached hydrogens (tertiary/aromatic N) is 4. The van der Waals surface area contributed by atoms with Crippen LogP contribution in [0.2, 0.25) is 0 Å². The maximum atomic E-state index is 7.00. The Labute approximate surface area is 333 Å². The van der Waals surface area contributed by atoms with Crippen LogP contribution in [0.25, 0.3) is 82.4 Å². The summed E-state index contributed by atoms with van der Waals surface area (Å²) >= 11 is 0. The number of rotatable bonds is 5. The number of aliphatic imine (C=N–C) groups is 2. The van der Waals surface area contributed by atoms with Crippen LogP contribution in [0.4, 0.5) is 0 Å². The van der Waals surface area contributed by atoms with E-state index in [-0.39, 0.29) is 0 Å². The number of aromatic nitrogens is 2. The lowest BCUT2D eigenvalue weighted by molar-refractivity contribution is 0.645. The number of hydrogen-bond donors (Lipinski definition) is 1. The van der Waals surface area contributed by atoms with Gasteiger partial charge in [0.05, 0.1) is 16.4 Å². The summed E-state index contributed by atoms with van der Waals surface area (Å²) in [4.78, 5) is 15.6. The predicted octanol–water partition coefficient (Wildman–Crippen LogP) is 12.5. The third-order valence-corrected chi connectivity index (χ3v) is 11.4. The first-order valence-corrected chi connectivity index (χ1v) is 19.5. The number of pyridine rings is 1. The smallest absolute Gasteiger partial charge is 0.213 e. The summed E-state index contributed by atoms with van der Waals surface area (Å²) < 4.78 is 9.23. The van der Waals surface area contributed by atoms with Gasteiger partial charge < -0.3 is 9.73 Å². The van der Waals surface area contributed by atoms with E-state index in [2.05, 4.69) is 174 Å². The molecule has 0 saturated carbocycles. The maximum Gasteiger partial charge on any atom is 0.213 e. The average molecular weight is 744 g/mol. The molecule has 58 heavy (non-hydrogen) atoms. The number of nitrogens with one attached hydrogen (secondary N) is 1. The Bertz CT molecular complexity index is 3390. The standard InChI is InChI=1S/C52H33N5O/c1-2-14-34(15-3-1)47-48-45(41-18-8-10-20-43(41)53-47)46-42-19-9-11-21-44(42)57(52(46)58-48)40-28-26-35(27-29-40)49-54-50(38-24-22-32-12-4-6-16-36(32)30-38)56-51(55-49)39-25-23-33-13-5-7-17-37(33)31-39/h1-31,49H,(H,54,55,56). The van der Waals surface area contributed by atoms with Crippen molar-refractivity contribution in [2.75, 3.05) is 0 Å². The van der Waals surface area contributed by atoms with E-state index < -0.39 is 6.17 Å². The number of fused-ring (bicyclic) bond motifs is 9. The summed E-state index contributed by atoms with van der Waals surface area (Å²) in [5, 5.41) is 12.7. The summed E-state index contributed by atoms with van der Waals surface area (Å²) in [6, 6.07) is 65.6. The van der Waals surface area contributed by atoms with Gasteiger partial charge in [0.2, 0.25) is 5.71 Å². The SMILES string of the molecule is c1ccc(-c2nc3ccccc3c3c2oc2c3c3ccccc3n2-c2ccc(C3N=C(c4ccc5ccccc5c4)NC(c4ccc5ccccc5c4)=N3)cc2)cc1. The molecule has 6 nitrogen and oxygen atoms in total. The highest BCUT2D eigenvalue weighted by molar-refractivity contribution is 6.28. The summed E-state index contributed by atoms with van der Waals surface area (Å²) in [7, 11) is 0. The van der Waals surface area contributed by atoms with Crippen LogP contribution >= 0.6 is 0 Å². The van der Waals surface area contributed by atoms with Gasteiger partial charge in [0, 0.05) is 38.5 Å². The van der Waals surface area contributed by atoms with Crippen molar-refractivity contribution in [2.24, 2.45) is 9.98 Å². The number of para-hydroxylation sites is 2. The molecule has 6 heteroatoms. The molecule has 0 unspecified atom stereocenters. The fraction of sp³-hybridized carbons (Fsp3) is 0.0192. The van der Waals surface area contributed by atoms with Crippen molar-refractivity contribution in [2.45, 2.75) is 6.17 Å². The number of hydrogen-bond acceptors (Lipinski definition) is 5. The van der Waals surface area contributed by atoms with E-state index in [4.69, 9.17) is 19.4 Å². The minimum absolute atomic E-state index is 0.461. The monoisotopic (exact) mass is 743 g/mol. The predicted molar refractivity (Wildman–Crippen MR) is 238 cm³/mol. The van der Waals surface area contributed by atoms with E-state index in [1.165, 1.54) is 10.8 Å². The minimum atomic E-state index is -0.461. The third kappa shape index (κ3) is 5.16. The van der Waals surface area contributed by atoms with E-state index in [0.717, 1.165) is 100.0 Å². The summed E-state index contributed by atoms with van der Waals surface area (Å²) in [6.07, 6.45) is -0.461. The zero-order valence-electron chi connectivity index (χ0n) is 31.2. The summed E-state index contributed by atoms with van der Waals surface area (Å²) in [6.45, 7) is 0. The lowest BCUT2D eigenvalue weighted by atomic mass is 10.0. The zero-order valence-corrected chi connectivity index (χ0v) is 31.2. The zero-order chi connectivity index (χ0) is 38.2. The third-order valence-electron chi connectivity index (χ3n) is 11.4. The Morgan fingerprint density at radius 2 is 1.07 bits per heavy atom. The lowest BCUT2D eigenvalue weighted by Gasteiger charge is -2.23.